The molecule has 0 bridgehead atoms. The fourth-order valence-corrected chi connectivity index (χ4v) is 4.11. The van der Waals surface area contributed by atoms with Gasteiger partial charge >= 0.3 is 0 Å². The van der Waals surface area contributed by atoms with Crippen LogP contribution in [-0.2, 0) is 0 Å². The van der Waals surface area contributed by atoms with Crippen molar-refractivity contribution >= 4 is 22.7 Å². The first-order valence-electron chi connectivity index (χ1n) is 13.2. The molecule has 0 aromatic heterocycles. The smallest absolute Gasteiger partial charge is 0.0785 e. The van der Waals surface area contributed by atoms with Crippen LogP contribution in [0.25, 0.3) is 0 Å². The van der Waals surface area contributed by atoms with Crippen molar-refractivity contribution in [3.63, 3.8) is 0 Å². The molecule has 0 saturated heterocycles. The molecule has 1 atom stereocenters. The van der Waals surface area contributed by atoms with Gasteiger partial charge in [0, 0.05) is 28.8 Å². The maximum absolute atomic E-state index is 9.96. The lowest BCUT2D eigenvalue weighted by Gasteiger charge is -2.32. The van der Waals surface area contributed by atoms with E-state index in [1.807, 2.05) is 18.2 Å². The molecule has 0 radical (unpaired) electrons. The second kappa shape index (κ2) is 14.7. The molecule has 1 unspecified atom stereocenters. The lowest BCUT2D eigenvalue weighted by atomic mass is 10.1. The normalized spacial score (nSPS) is 11.1. The van der Waals surface area contributed by atoms with Gasteiger partial charge in [0.05, 0.1) is 8.52 Å². The summed E-state index contributed by atoms with van der Waals surface area (Å²) < 4.78 is 15.5. The molecule has 36 heavy (non-hydrogen) atoms. The van der Waals surface area contributed by atoms with E-state index in [4.69, 9.17) is 1.37 Å². The zero-order valence-corrected chi connectivity index (χ0v) is 22.6. The van der Waals surface area contributed by atoms with Crippen LogP contribution in [0.2, 0.25) is 0 Å². The first kappa shape index (κ1) is 27.0. The van der Waals surface area contributed by atoms with Crippen molar-refractivity contribution in [3.05, 3.63) is 119 Å². The number of hydrogen-bond acceptors (Lipinski definition) is 2. The Morgan fingerprint density at radius 3 is 1.83 bits per heavy atom. The zero-order chi connectivity index (χ0) is 27.2. The van der Waals surface area contributed by atoms with Gasteiger partial charge < -0.3 is 10.2 Å². The topological polar surface area (TPSA) is 15.3 Å². The standard InChI is InChI=1S/C18H23N.C14H15N.CH3F/c1-5-16(4)19(17-9-7-6-8-10-17)18-12-11-14(2)13-15(18)3;1-11-8-9-14(12(2)10-11)15-13-6-4-3-5-7-13;1-2/h6-13,16H,5H2,1-4H3;3-10,15H,1-2H3;1H3/i;;1D. The third-order valence-electron chi connectivity index (χ3n) is 6.11. The molecule has 4 aromatic rings. The molecule has 0 aliphatic carbocycles. The van der Waals surface area contributed by atoms with Crippen LogP contribution in [0.5, 0.6) is 0 Å². The van der Waals surface area contributed by atoms with Gasteiger partial charge in [0.1, 0.15) is 0 Å². The van der Waals surface area contributed by atoms with Crippen LogP contribution >= 0.6 is 0 Å². The van der Waals surface area contributed by atoms with Crippen molar-refractivity contribution in [2.45, 2.75) is 54.0 Å². The molecule has 0 saturated carbocycles. The molecule has 4 rings (SSSR count). The van der Waals surface area contributed by atoms with Gasteiger partial charge in [0.15, 0.2) is 0 Å². The highest BCUT2D eigenvalue weighted by molar-refractivity contribution is 5.67. The molecular formula is C33H41FN2. The van der Waals surface area contributed by atoms with Gasteiger partial charge in [-0.3, -0.25) is 4.39 Å². The van der Waals surface area contributed by atoms with Crippen LogP contribution in [0.15, 0.2) is 97.1 Å². The van der Waals surface area contributed by atoms with Crippen LogP contribution in [-0.4, -0.2) is 13.2 Å². The molecule has 0 fully saturated rings. The van der Waals surface area contributed by atoms with Gasteiger partial charge in [-0.1, -0.05) is 78.7 Å². The van der Waals surface area contributed by atoms with E-state index in [9.17, 15) is 4.39 Å². The van der Waals surface area contributed by atoms with E-state index in [1.54, 1.807) is 0 Å². The van der Waals surface area contributed by atoms with Crippen molar-refractivity contribution in [1.82, 2.24) is 0 Å². The number of halogens is 1. The van der Waals surface area contributed by atoms with Gasteiger partial charge in [-0.25, -0.2) is 0 Å². The Bertz CT molecular complexity index is 1200. The molecule has 3 heteroatoms. The van der Waals surface area contributed by atoms with Gasteiger partial charge in [0.2, 0.25) is 0 Å². The highest BCUT2D eigenvalue weighted by atomic mass is 19.1. The minimum atomic E-state index is -1.00. The summed E-state index contributed by atoms with van der Waals surface area (Å²) in [6, 6.07) is 34.5. The Balaban J connectivity index is 0.000000240. The highest BCUT2D eigenvalue weighted by Gasteiger charge is 2.16. The van der Waals surface area contributed by atoms with Crippen LogP contribution in [0, 0.1) is 27.7 Å². The summed E-state index contributed by atoms with van der Waals surface area (Å²) in [6.45, 7) is 13.1. The number of anilines is 4. The van der Waals surface area contributed by atoms with Gasteiger partial charge in [0.25, 0.3) is 0 Å². The lowest BCUT2D eigenvalue weighted by molar-refractivity contribution is 0.636. The molecule has 2 nitrogen and oxygen atoms in total. The van der Waals surface area contributed by atoms with E-state index in [0.717, 1.165) is 12.1 Å². The second-order valence-corrected chi connectivity index (χ2v) is 9.06. The quantitative estimate of drug-likeness (QED) is 0.292. The van der Waals surface area contributed by atoms with E-state index in [2.05, 4.69) is 131 Å². The Kier molecular flexibility index (Phi) is 11.0. The minimum absolute atomic E-state index is 0.490. The fraction of sp³-hybridized carbons (Fsp3) is 0.273. The average molecular weight is 486 g/mol. The van der Waals surface area contributed by atoms with E-state index < -0.39 is 7.15 Å². The maximum Gasteiger partial charge on any atom is 0.0785 e. The summed E-state index contributed by atoms with van der Waals surface area (Å²) in [5, 5.41) is 3.40. The number of benzene rings is 4. The number of aryl methyl sites for hydroxylation is 4. The van der Waals surface area contributed by atoms with Gasteiger partial charge in [-0.15, -0.1) is 0 Å². The molecule has 1 N–H and O–H groups in total. The van der Waals surface area contributed by atoms with Gasteiger partial charge in [-0.2, -0.15) is 0 Å². The van der Waals surface area contributed by atoms with Crippen LogP contribution < -0.4 is 10.2 Å². The van der Waals surface area contributed by atoms with Crippen molar-refractivity contribution in [1.29, 1.82) is 0 Å². The minimum Gasteiger partial charge on any atom is -0.355 e. The number of nitrogens with one attached hydrogen (secondary N) is 1. The summed E-state index contributed by atoms with van der Waals surface area (Å²) in [5.74, 6) is 0. The summed E-state index contributed by atoms with van der Waals surface area (Å²) >= 11 is 0. The van der Waals surface area contributed by atoms with Crippen molar-refractivity contribution in [3.8, 4) is 0 Å². The Labute approximate surface area is 219 Å². The molecule has 0 heterocycles. The van der Waals surface area contributed by atoms with Crippen molar-refractivity contribution in [2.24, 2.45) is 0 Å². The molecule has 0 spiro atoms. The molecule has 0 amide bonds. The molecule has 0 aliphatic heterocycles. The van der Waals surface area contributed by atoms with Crippen molar-refractivity contribution in [2.75, 3.05) is 17.4 Å². The van der Waals surface area contributed by atoms with E-state index in [0.29, 0.717) is 6.04 Å². The van der Waals surface area contributed by atoms with Crippen LogP contribution in [0.4, 0.5) is 27.1 Å². The monoisotopic (exact) mass is 485 g/mol. The van der Waals surface area contributed by atoms with Gasteiger partial charge in [-0.05, 0) is 88.6 Å². The first-order chi connectivity index (χ1) is 17.8. The van der Waals surface area contributed by atoms with Crippen LogP contribution in [0.3, 0.4) is 0 Å². The zero-order valence-electron chi connectivity index (χ0n) is 23.6. The van der Waals surface area contributed by atoms with E-state index in [1.165, 1.54) is 39.3 Å². The van der Waals surface area contributed by atoms with E-state index in [-0.39, 0.29) is 0 Å². The highest BCUT2D eigenvalue weighted by Crippen LogP contribution is 2.31. The summed E-state index contributed by atoms with van der Waals surface area (Å²) in [5.41, 5.74) is 10.1. The predicted octanol–water partition coefficient (Wildman–Crippen LogP) is 9.87. The number of para-hydroxylation sites is 2. The SMILES string of the molecule is CCC(C)N(c1ccccc1)c1ccc(C)cc1C.Cc1ccc(Nc2ccccc2)c(C)c1.[2H]CF. The largest absolute Gasteiger partial charge is 0.355 e. The van der Waals surface area contributed by atoms with E-state index >= 15 is 0 Å². The molecule has 190 valence electrons. The first-order valence-corrected chi connectivity index (χ1v) is 12.5. The fourth-order valence-electron chi connectivity index (χ4n) is 4.11. The summed E-state index contributed by atoms with van der Waals surface area (Å²) in [7, 11) is -1.00. The Morgan fingerprint density at radius 2 is 1.31 bits per heavy atom. The summed E-state index contributed by atoms with van der Waals surface area (Å²) in [6.07, 6.45) is 1.13. The third-order valence-corrected chi connectivity index (χ3v) is 6.11. The summed E-state index contributed by atoms with van der Waals surface area (Å²) in [4.78, 5) is 2.44. The average Bonchev–Trinajstić information content (AvgIpc) is 2.89. The predicted molar refractivity (Wildman–Crippen MR) is 157 cm³/mol. The number of nitrogens with zero attached hydrogens (tertiary/aromatic N) is 1. The number of alkyl halides is 1. The maximum atomic E-state index is 9.96. The third kappa shape index (κ3) is 8.27. The second-order valence-electron chi connectivity index (χ2n) is 9.06. The Hall–Kier alpha value is -3.59. The Morgan fingerprint density at radius 1 is 0.778 bits per heavy atom. The number of hydrogen-bond donors (Lipinski definition) is 1. The lowest BCUT2D eigenvalue weighted by Crippen LogP contribution is -2.28. The molecular weight excluding hydrogens is 443 g/mol. The van der Waals surface area contributed by atoms with Crippen molar-refractivity contribution < 1.29 is 5.76 Å². The molecule has 0 aliphatic rings. The van der Waals surface area contributed by atoms with Crippen LogP contribution in [0.1, 0.15) is 43.9 Å². The molecule has 4 aromatic carbocycles. The number of rotatable bonds is 6.